The van der Waals surface area contributed by atoms with Gasteiger partial charge in [-0.05, 0) is 23.3 Å². The zero-order valence-corrected chi connectivity index (χ0v) is 9.26. The van der Waals surface area contributed by atoms with Gasteiger partial charge in [0, 0.05) is 12.1 Å². The molecule has 1 aromatic rings. The molecule has 0 aliphatic heterocycles. The first kappa shape index (κ1) is 11.2. The first-order valence-electron chi connectivity index (χ1n) is 5.32. The van der Waals surface area contributed by atoms with Gasteiger partial charge in [-0.1, -0.05) is 36.4 Å². The maximum Gasteiger partial charge on any atom is 0.335 e. The number of carboxylic acid groups (broad SMARTS) is 1. The van der Waals surface area contributed by atoms with Gasteiger partial charge >= 0.3 is 5.97 Å². The second kappa shape index (κ2) is 4.70. The predicted octanol–water partition coefficient (Wildman–Crippen LogP) is 2.33. The fourth-order valence-corrected chi connectivity index (χ4v) is 1.76. The second-order valence-corrected chi connectivity index (χ2v) is 3.88. The zero-order valence-electron chi connectivity index (χ0n) is 9.26. The number of allylic oxidation sites excluding steroid dienone is 3. The standard InChI is InChI=1S/C14H13NO2/c15-12-6-7-13(14(16)17)11(9-12)8-10-4-2-1-3-5-10/h1-8H,9,15H2,(H,16,17). The van der Waals surface area contributed by atoms with Gasteiger partial charge in [-0.25, -0.2) is 4.79 Å². The number of benzene rings is 1. The van der Waals surface area contributed by atoms with Crippen LogP contribution in [-0.2, 0) is 4.79 Å². The molecule has 0 spiro atoms. The Labute approximate surface area is 99.6 Å². The van der Waals surface area contributed by atoms with Gasteiger partial charge in [-0.3, -0.25) is 0 Å². The van der Waals surface area contributed by atoms with Crippen molar-refractivity contribution in [1.29, 1.82) is 0 Å². The van der Waals surface area contributed by atoms with Crippen molar-refractivity contribution in [2.75, 3.05) is 0 Å². The van der Waals surface area contributed by atoms with Crippen LogP contribution in [-0.4, -0.2) is 11.1 Å². The number of carboxylic acids is 1. The predicted molar refractivity (Wildman–Crippen MR) is 67.0 cm³/mol. The summed E-state index contributed by atoms with van der Waals surface area (Å²) in [5, 5.41) is 9.09. The van der Waals surface area contributed by atoms with Gasteiger partial charge in [-0.15, -0.1) is 0 Å². The molecule has 3 nitrogen and oxygen atoms in total. The highest BCUT2D eigenvalue weighted by atomic mass is 16.4. The Balaban J connectivity index is 2.38. The van der Waals surface area contributed by atoms with Crippen LogP contribution in [0.2, 0.25) is 0 Å². The molecule has 0 heterocycles. The van der Waals surface area contributed by atoms with Gasteiger partial charge in [0.2, 0.25) is 0 Å². The van der Waals surface area contributed by atoms with E-state index in [1.165, 1.54) is 0 Å². The van der Waals surface area contributed by atoms with Gasteiger partial charge in [-0.2, -0.15) is 0 Å². The number of carbonyl (C=O) groups is 1. The Bertz CT molecular complexity index is 524. The van der Waals surface area contributed by atoms with Crippen LogP contribution >= 0.6 is 0 Å². The van der Waals surface area contributed by atoms with E-state index in [-0.39, 0.29) is 0 Å². The quantitative estimate of drug-likeness (QED) is 0.815. The third kappa shape index (κ3) is 2.64. The van der Waals surface area contributed by atoms with Crippen molar-refractivity contribution in [3.63, 3.8) is 0 Å². The molecule has 0 saturated heterocycles. The molecule has 0 saturated carbocycles. The molecule has 0 atom stereocenters. The third-order valence-corrected chi connectivity index (χ3v) is 2.58. The van der Waals surface area contributed by atoms with Crippen molar-refractivity contribution >= 4 is 12.0 Å². The minimum Gasteiger partial charge on any atom is -0.478 e. The van der Waals surface area contributed by atoms with E-state index in [0.29, 0.717) is 17.7 Å². The van der Waals surface area contributed by atoms with Gasteiger partial charge in [0.1, 0.15) is 0 Å². The number of aliphatic carboxylic acids is 1. The van der Waals surface area contributed by atoms with E-state index in [9.17, 15) is 4.79 Å². The van der Waals surface area contributed by atoms with Crippen LogP contribution < -0.4 is 5.73 Å². The molecule has 0 radical (unpaired) electrons. The van der Waals surface area contributed by atoms with Crippen molar-refractivity contribution in [3.8, 4) is 0 Å². The molecule has 0 fully saturated rings. The van der Waals surface area contributed by atoms with Gasteiger partial charge in [0.05, 0.1) is 5.57 Å². The first-order chi connectivity index (χ1) is 8.16. The molecular formula is C14H13NO2. The van der Waals surface area contributed by atoms with Crippen LogP contribution in [0.1, 0.15) is 12.0 Å². The molecule has 17 heavy (non-hydrogen) atoms. The summed E-state index contributed by atoms with van der Waals surface area (Å²) in [6.07, 6.45) is 5.54. The number of hydrogen-bond donors (Lipinski definition) is 2. The Morgan fingerprint density at radius 2 is 1.94 bits per heavy atom. The highest BCUT2D eigenvalue weighted by Crippen LogP contribution is 2.24. The number of rotatable bonds is 2. The third-order valence-electron chi connectivity index (χ3n) is 2.58. The molecule has 0 bridgehead atoms. The Hall–Kier alpha value is -2.29. The lowest BCUT2D eigenvalue weighted by molar-refractivity contribution is -0.132. The van der Waals surface area contributed by atoms with Crippen molar-refractivity contribution < 1.29 is 9.90 Å². The SMILES string of the molecule is NC1=CC=C(C(=O)O)C(=Cc2ccccc2)C1. The summed E-state index contributed by atoms with van der Waals surface area (Å²) in [7, 11) is 0. The molecular weight excluding hydrogens is 214 g/mol. The lowest BCUT2D eigenvalue weighted by atomic mass is 9.94. The largest absolute Gasteiger partial charge is 0.478 e. The van der Waals surface area contributed by atoms with Crippen LogP contribution in [0.5, 0.6) is 0 Å². The lowest BCUT2D eigenvalue weighted by Crippen LogP contribution is -2.10. The molecule has 3 heteroatoms. The fraction of sp³-hybridized carbons (Fsp3) is 0.0714. The normalized spacial score (nSPS) is 17.5. The monoisotopic (exact) mass is 227 g/mol. The van der Waals surface area contributed by atoms with Crippen molar-refractivity contribution in [2.45, 2.75) is 6.42 Å². The maximum atomic E-state index is 11.1. The van der Waals surface area contributed by atoms with Crippen LogP contribution in [0.4, 0.5) is 0 Å². The summed E-state index contributed by atoms with van der Waals surface area (Å²) in [6.45, 7) is 0. The number of hydrogen-bond acceptors (Lipinski definition) is 2. The summed E-state index contributed by atoms with van der Waals surface area (Å²) in [6, 6.07) is 9.62. The number of nitrogens with two attached hydrogens (primary N) is 1. The molecule has 0 unspecified atom stereocenters. The highest BCUT2D eigenvalue weighted by Gasteiger charge is 2.16. The molecule has 1 aliphatic carbocycles. The van der Waals surface area contributed by atoms with Crippen LogP contribution in [0.3, 0.4) is 0 Å². The lowest BCUT2D eigenvalue weighted by Gasteiger charge is -2.13. The average molecular weight is 227 g/mol. The highest BCUT2D eigenvalue weighted by molar-refractivity contribution is 5.94. The summed E-state index contributed by atoms with van der Waals surface area (Å²) >= 11 is 0. The van der Waals surface area contributed by atoms with Gasteiger partial charge in [0.15, 0.2) is 0 Å². The summed E-state index contributed by atoms with van der Waals surface area (Å²) in [5.41, 5.74) is 8.43. The van der Waals surface area contributed by atoms with Crippen LogP contribution in [0.15, 0.2) is 59.3 Å². The van der Waals surface area contributed by atoms with Crippen LogP contribution in [0.25, 0.3) is 6.08 Å². The Kier molecular flexibility index (Phi) is 3.10. The molecule has 3 N–H and O–H groups in total. The molecule has 1 aliphatic rings. The molecule has 0 amide bonds. The average Bonchev–Trinajstić information content (AvgIpc) is 2.30. The molecule has 0 aromatic heterocycles. The summed E-state index contributed by atoms with van der Waals surface area (Å²) in [5.74, 6) is -0.920. The van der Waals surface area contributed by atoms with Gasteiger partial charge < -0.3 is 10.8 Å². The minimum atomic E-state index is -0.920. The Morgan fingerprint density at radius 1 is 1.24 bits per heavy atom. The van der Waals surface area contributed by atoms with E-state index in [0.717, 1.165) is 11.1 Å². The zero-order chi connectivity index (χ0) is 12.3. The molecule has 86 valence electrons. The minimum absolute atomic E-state index is 0.308. The fourth-order valence-electron chi connectivity index (χ4n) is 1.76. The maximum absolute atomic E-state index is 11.1. The topological polar surface area (TPSA) is 63.3 Å². The van der Waals surface area contributed by atoms with E-state index >= 15 is 0 Å². The molecule has 2 rings (SSSR count). The first-order valence-corrected chi connectivity index (χ1v) is 5.32. The van der Waals surface area contributed by atoms with Crippen molar-refractivity contribution in [3.05, 3.63) is 64.9 Å². The van der Waals surface area contributed by atoms with E-state index < -0.39 is 5.97 Å². The van der Waals surface area contributed by atoms with Crippen molar-refractivity contribution in [2.24, 2.45) is 5.73 Å². The van der Waals surface area contributed by atoms with E-state index in [2.05, 4.69) is 0 Å². The Morgan fingerprint density at radius 3 is 2.59 bits per heavy atom. The second-order valence-electron chi connectivity index (χ2n) is 3.88. The van der Waals surface area contributed by atoms with E-state index in [1.54, 1.807) is 12.2 Å². The van der Waals surface area contributed by atoms with E-state index in [4.69, 9.17) is 10.8 Å². The van der Waals surface area contributed by atoms with Gasteiger partial charge in [0.25, 0.3) is 0 Å². The smallest absolute Gasteiger partial charge is 0.335 e. The summed E-state index contributed by atoms with van der Waals surface area (Å²) in [4.78, 5) is 11.1. The van der Waals surface area contributed by atoms with Crippen molar-refractivity contribution in [1.82, 2.24) is 0 Å². The summed E-state index contributed by atoms with van der Waals surface area (Å²) < 4.78 is 0. The van der Waals surface area contributed by atoms with E-state index in [1.807, 2.05) is 36.4 Å². The molecule has 1 aromatic carbocycles. The van der Waals surface area contributed by atoms with Crippen LogP contribution in [0, 0.1) is 0 Å².